The predicted octanol–water partition coefficient (Wildman–Crippen LogP) is -0.182. The molecule has 0 spiro atoms. The van der Waals surface area contributed by atoms with E-state index in [4.69, 9.17) is 22.3 Å². The van der Waals surface area contributed by atoms with E-state index in [1.54, 1.807) is 0 Å². The molecular weight excluding hydrogens is 350 g/mol. The minimum absolute atomic E-state index is 0.155. The van der Waals surface area contributed by atoms with Gasteiger partial charge in [-0.15, -0.1) is 0 Å². The zero-order chi connectivity index (χ0) is 20.5. The molecule has 0 fully saturated rings. The summed E-state index contributed by atoms with van der Waals surface area (Å²) in [5, 5.41) is 14.1. The molecule has 2 unspecified atom stereocenters. The molecule has 0 aliphatic rings. The molecule has 9 N–H and O–H groups in total. The molecule has 2 amide bonds. The number of carbonyl (C=O) groups excluding carboxylic acids is 2. The topological polar surface area (TPSA) is 174 Å². The minimum atomic E-state index is -0.800. The average Bonchev–Trinajstić information content (AvgIpc) is 2.63. The Bertz CT molecular complexity index is 434. The average molecular weight is 388 g/mol. The van der Waals surface area contributed by atoms with Gasteiger partial charge in [-0.3, -0.25) is 14.4 Å². The zero-order valence-electron chi connectivity index (χ0n) is 16.3. The molecule has 158 valence electrons. The lowest BCUT2D eigenvalue weighted by Gasteiger charge is -2.13. The number of hydrogen-bond acceptors (Lipinski definition) is 6. The van der Waals surface area contributed by atoms with Crippen LogP contribution in [0.3, 0.4) is 0 Å². The highest BCUT2D eigenvalue weighted by Crippen LogP contribution is 2.02. The summed E-state index contributed by atoms with van der Waals surface area (Å²) >= 11 is 0. The van der Waals surface area contributed by atoms with Gasteiger partial charge in [-0.2, -0.15) is 0 Å². The Morgan fingerprint density at radius 3 is 1.70 bits per heavy atom. The maximum atomic E-state index is 11.8. The van der Waals surface area contributed by atoms with Gasteiger partial charge < -0.3 is 32.9 Å². The molecule has 0 bridgehead atoms. The predicted molar refractivity (Wildman–Crippen MR) is 105 cm³/mol. The van der Waals surface area contributed by atoms with Crippen LogP contribution in [0, 0.1) is 0 Å². The Hall–Kier alpha value is -1.71. The van der Waals surface area contributed by atoms with Crippen molar-refractivity contribution in [3.8, 4) is 0 Å². The highest BCUT2D eigenvalue weighted by Gasteiger charge is 2.14. The Balaban J connectivity index is 3.63. The van der Waals surface area contributed by atoms with Crippen LogP contribution in [0.1, 0.15) is 64.2 Å². The van der Waals surface area contributed by atoms with Gasteiger partial charge in [-0.1, -0.05) is 12.8 Å². The number of rotatable bonds is 17. The van der Waals surface area contributed by atoms with E-state index in [0.717, 1.165) is 38.5 Å². The standard InChI is InChI=1S/C18H37N5O4/c19-11-5-3-8-14(20)17(26)23-13-7-4-9-15(21)18(27)22-12-6-1-2-10-16(24)25/h14-15H,1-13,19-21H2,(H,22,27)(H,23,26)(H,24,25). The van der Waals surface area contributed by atoms with Gasteiger partial charge >= 0.3 is 5.97 Å². The zero-order valence-corrected chi connectivity index (χ0v) is 16.3. The Kier molecular flexibility index (Phi) is 15.4. The molecule has 0 radical (unpaired) electrons. The Morgan fingerprint density at radius 1 is 0.741 bits per heavy atom. The van der Waals surface area contributed by atoms with E-state index in [9.17, 15) is 14.4 Å². The molecule has 0 aromatic carbocycles. The van der Waals surface area contributed by atoms with Crippen molar-refractivity contribution in [2.24, 2.45) is 17.2 Å². The van der Waals surface area contributed by atoms with E-state index in [0.29, 0.717) is 38.9 Å². The van der Waals surface area contributed by atoms with Crippen molar-refractivity contribution in [3.05, 3.63) is 0 Å². The second-order valence-corrected chi connectivity index (χ2v) is 6.78. The highest BCUT2D eigenvalue weighted by atomic mass is 16.4. The summed E-state index contributed by atoms with van der Waals surface area (Å²) in [7, 11) is 0. The van der Waals surface area contributed by atoms with Gasteiger partial charge in [-0.05, 0) is 51.5 Å². The molecule has 0 heterocycles. The van der Waals surface area contributed by atoms with Gasteiger partial charge in [0, 0.05) is 19.5 Å². The number of carbonyl (C=O) groups is 3. The summed E-state index contributed by atoms with van der Waals surface area (Å²) in [4.78, 5) is 34.0. The highest BCUT2D eigenvalue weighted by molar-refractivity contribution is 5.81. The van der Waals surface area contributed by atoms with Crippen LogP contribution in [0.2, 0.25) is 0 Å². The van der Waals surface area contributed by atoms with Crippen molar-refractivity contribution in [3.63, 3.8) is 0 Å². The van der Waals surface area contributed by atoms with E-state index >= 15 is 0 Å². The third-order valence-electron chi connectivity index (χ3n) is 4.25. The molecule has 0 aliphatic heterocycles. The molecular formula is C18H37N5O4. The van der Waals surface area contributed by atoms with Gasteiger partial charge in [-0.25, -0.2) is 0 Å². The van der Waals surface area contributed by atoms with Crippen LogP contribution in [-0.2, 0) is 14.4 Å². The SMILES string of the molecule is NCCCCC(N)C(=O)NCCCCC(N)C(=O)NCCCCCC(=O)O. The molecule has 0 saturated carbocycles. The van der Waals surface area contributed by atoms with Crippen LogP contribution in [0.5, 0.6) is 0 Å². The van der Waals surface area contributed by atoms with Crippen LogP contribution in [-0.4, -0.2) is 54.6 Å². The van der Waals surface area contributed by atoms with E-state index in [-0.39, 0.29) is 18.2 Å². The van der Waals surface area contributed by atoms with Crippen molar-refractivity contribution in [2.45, 2.75) is 76.3 Å². The van der Waals surface area contributed by atoms with Crippen LogP contribution in [0.25, 0.3) is 0 Å². The Labute approximate surface area is 161 Å². The van der Waals surface area contributed by atoms with Crippen molar-refractivity contribution in [1.82, 2.24) is 10.6 Å². The van der Waals surface area contributed by atoms with Crippen molar-refractivity contribution in [2.75, 3.05) is 19.6 Å². The fourth-order valence-corrected chi connectivity index (χ4v) is 2.52. The summed E-state index contributed by atoms with van der Waals surface area (Å²) in [6.45, 7) is 1.62. The van der Waals surface area contributed by atoms with Crippen LogP contribution < -0.4 is 27.8 Å². The van der Waals surface area contributed by atoms with E-state index in [1.807, 2.05) is 0 Å². The second kappa shape index (κ2) is 16.5. The quantitative estimate of drug-likeness (QED) is 0.188. The third-order valence-corrected chi connectivity index (χ3v) is 4.25. The summed E-state index contributed by atoms with van der Waals surface area (Å²) in [5.74, 6) is -1.15. The molecule has 0 aromatic heterocycles. The molecule has 0 saturated heterocycles. The molecule has 0 aromatic rings. The summed E-state index contributed by atoms with van der Waals surface area (Å²) in [5.41, 5.74) is 17.1. The van der Waals surface area contributed by atoms with Crippen molar-refractivity contribution < 1.29 is 19.5 Å². The maximum absolute atomic E-state index is 11.8. The number of amides is 2. The van der Waals surface area contributed by atoms with Crippen molar-refractivity contribution >= 4 is 17.8 Å². The first-order valence-electron chi connectivity index (χ1n) is 9.87. The first-order chi connectivity index (χ1) is 12.9. The molecule has 0 aliphatic carbocycles. The molecule has 9 heteroatoms. The largest absolute Gasteiger partial charge is 0.481 e. The minimum Gasteiger partial charge on any atom is -0.481 e. The monoisotopic (exact) mass is 387 g/mol. The third kappa shape index (κ3) is 15.1. The van der Waals surface area contributed by atoms with Gasteiger partial charge in [0.15, 0.2) is 0 Å². The Morgan fingerprint density at radius 2 is 1.22 bits per heavy atom. The van der Waals surface area contributed by atoms with Gasteiger partial charge in [0.25, 0.3) is 0 Å². The van der Waals surface area contributed by atoms with Gasteiger partial charge in [0.1, 0.15) is 0 Å². The molecule has 2 atom stereocenters. The number of nitrogens with two attached hydrogens (primary N) is 3. The molecule has 27 heavy (non-hydrogen) atoms. The van der Waals surface area contributed by atoms with Crippen LogP contribution >= 0.6 is 0 Å². The normalized spacial score (nSPS) is 13.0. The lowest BCUT2D eigenvalue weighted by Crippen LogP contribution is -2.42. The number of carboxylic acids is 1. The number of aliphatic carboxylic acids is 1. The van der Waals surface area contributed by atoms with Crippen molar-refractivity contribution in [1.29, 1.82) is 0 Å². The van der Waals surface area contributed by atoms with E-state index in [1.165, 1.54) is 0 Å². The summed E-state index contributed by atoms with van der Waals surface area (Å²) in [6.07, 6.45) is 6.61. The number of unbranched alkanes of at least 4 members (excludes halogenated alkanes) is 4. The molecule has 0 rings (SSSR count). The van der Waals surface area contributed by atoms with E-state index < -0.39 is 18.1 Å². The number of hydrogen-bond donors (Lipinski definition) is 6. The number of nitrogens with one attached hydrogen (secondary N) is 2. The van der Waals surface area contributed by atoms with E-state index in [2.05, 4.69) is 10.6 Å². The summed E-state index contributed by atoms with van der Waals surface area (Å²) < 4.78 is 0. The first-order valence-corrected chi connectivity index (χ1v) is 9.87. The fraction of sp³-hybridized carbons (Fsp3) is 0.833. The first kappa shape index (κ1) is 25.3. The van der Waals surface area contributed by atoms with Crippen LogP contribution in [0.15, 0.2) is 0 Å². The summed E-state index contributed by atoms with van der Waals surface area (Å²) in [6, 6.07) is -1.07. The smallest absolute Gasteiger partial charge is 0.303 e. The maximum Gasteiger partial charge on any atom is 0.303 e. The van der Waals surface area contributed by atoms with Gasteiger partial charge in [0.05, 0.1) is 12.1 Å². The lowest BCUT2D eigenvalue weighted by atomic mass is 10.1. The van der Waals surface area contributed by atoms with Crippen LogP contribution in [0.4, 0.5) is 0 Å². The second-order valence-electron chi connectivity index (χ2n) is 6.78. The molecule has 9 nitrogen and oxygen atoms in total. The number of carboxylic acid groups (broad SMARTS) is 1. The lowest BCUT2D eigenvalue weighted by molar-refractivity contribution is -0.137. The fourth-order valence-electron chi connectivity index (χ4n) is 2.52. The van der Waals surface area contributed by atoms with Gasteiger partial charge in [0.2, 0.25) is 11.8 Å².